The van der Waals surface area contributed by atoms with Crippen LogP contribution in [0.1, 0.15) is 43.4 Å². The first-order chi connectivity index (χ1) is 11.0. The first-order valence-electron chi connectivity index (χ1n) is 7.96. The SMILES string of the molecule is CC(C)(c1ccc(O)cc1)c1ccc(C2=CC=C(O)CC2)cc1. The van der Waals surface area contributed by atoms with Gasteiger partial charge < -0.3 is 10.2 Å². The van der Waals surface area contributed by atoms with Crippen molar-refractivity contribution < 1.29 is 10.2 Å². The van der Waals surface area contributed by atoms with Gasteiger partial charge in [-0.1, -0.05) is 56.3 Å². The summed E-state index contributed by atoms with van der Waals surface area (Å²) < 4.78 is 0. The van der Waals surface area contributed by atoms with Crippen LogP contribution in [0, 0.1) is 0 Å². The molecule has 2 aromatic rings. The molecule has 0 bridgehead atoms. The molecule has 118 valence electrons. The highest BCUT2D eigenvalue weighted by atomic mass is 16.3. The van der Waals surface area contributed by atoms with Gasteiger partial charge in [-0.05, 0) is 46.9 Å². The van der Waals surface area contributed by atoms with E-state index in [2.05, 4.69) is 38.1 Å². The van der Waals surface area contributed by atoms with Crippen LogP contribution in [-0.4, -0.2) is 10.2 Å². The summed E-state index contributed by atoms with van der Waals surface area (Å²) >= 11 is 0. The van der Waals surface area contributed by atoms with Gasteiger partial charge in [0.15, 0.2) is 0 Å². The van der Waals surface area contributed by atoms with Gasteiger partial charge in [-0.25, -0.2) is 0 Å². The van der Waals surface area contributed by atoms with Gasteiger partial charge in [0.2, 0.25) is 0 Å². The average molecular weight is 306 g/mol. The summed E-state index contributed by atoms with van der Waals surface area (Å²) in [5.74, 6) is 0.749. The minimum atomic E-state index is -0.120. The summed E-state index contributed by atoms with van der Waals surface area (Å²) in [5.41, 5.74) is 4.76. The molecule has 0 unspecified atom stereocenters. The fraction of sp³-hybridized carbons (Fsp3) is 0.238. The van der Waals surface area contributed by atoms with E-state index in [0.717, 1.165) is 6.42 Å². The van der Waals surface area contributed by atoms with Gasteiger partial charge in [0.25, 0.3) is 0 Å². The van der Waals surface area contributed by atoms with Crippen molar-refractivity contribution in [3.05, 3.63) is 83.1 Å². The molecule has 0 fully saturated rings. The molecule has 2 heteroatoms. The molecule has 0 aliphatic heterocycles. The van der Waals surface area contributed by atoms with Crippen molar-refractivity contribution in [3.8, 4) is 5.75 Å². The van der Waals surface area contributed by atoms with Crippen molar-refractivity contribution in [2.75, 3.05) is 0 Å². The van der Waals surface area contributed by atoms with E-state index in [9.17, 15) is 10.2 Å². The lowest BCUT2D eigenvalue weighted by Gasteiger charge is -2.26. The molecule has 0 aromatic heterocycles. The van der Waals surface area contributed by atoms with Crippen LogP contribution in [0.15, 0.2) is 66.4 Å². The number of rotatable bonds is 3. The van der Waals surface area contributed by atoms with E-state index in [1.165, 1.54) is 22.3 Å². The number of hydrogen-bond acceptors (Lipinski definition) is 2. The highest BCUT2D eigenvalue weighted by Gasteiger charge is 2.23. The van der Waals surface area contributed by atoms with Crippen LogP contribution >= 0.6 is 0 Å². The Balaban J connectivity index is 1.88. The molecule has 0 saturated heterocycles. The maximum atomic E-state index is 9.47. The van der Waals surface area contributed by atoms with Crippen molar-refractivity contribution >= 4 is 5.57 Å². The molecule has 2 N–H and O–H groups in total. The lowest BCUT2D eigenvalue weighted by Crippen LogP contribution is -2.18. The van der Waals surface area contributed by atoms with Crippen LogP contribution in [0.4, 0.5) is 0 Å². The summed E-state index contributed by atoms with van der Waals surface area (Å²) in [7, 11) is 0. The minimum Gasteiger partial charge on any atom is -0.512 e. The third kappa shape index (κ3) is 3.16. The Hall–Kier alpha value is -2.48. The Morgan fingerprint density at radius 3 is 1.83 bits per heavy atom. The molecule has 0 spiro atoms. The molecule has 23 heavy (non-hydrogen) atoms. The number of aliphatic hydroxyl groups excluding tert-OH is 1. The Bertz CT molecular complexity index is 747. The molecular weight excluding hydrogens is 284 g/mol. The van der Waals surface area contributed by atoms with Gasteiger partial charge >= 0.3 is 0 Å². The van der Waals surface area contributed by atoms with Crippen molar-refractivity contribution in [1.29, 1.82) is 0 Å². The predicted octanol–water partition coefficient (Wildman–Crippen LogP) is 5.34. The molecule has 0 amide bonds. The topological polar surface area (TPSA) is 40.5 Å². The molecular formula is C21H22O2. The first-order valence-corrected chi connectivity index (χ1v) is 7.96. The molecule has 3 rings (SSSR count). The quantitative estimate of drug-likeness (QED) is 0.804. The second-order valence-corrected chi connectivity index (χ2v) is 6.60. The Kier molecular flexibility index (Phi) is 3.99. The van der Waals surface area contributed by atoms with E-state index >= 15 is 0 Å². The lowest BCUT2D eigenvalue weighted by atomic mass is 9.77. The third-order valence-electron chi connectivity index (χ3n) is 4.69. The van der Waals surface area contributed by atoms with E-state index in [4.69, 9.17) is 0 Å². The molecule has 1 aliphatic carbocycles. The zero-order chi connectivity index (χ0) is 16.4. The van der Waals surface area contributed by atoms with Crippen LogP contribution in [0.25, 0.3) is 5.57 Å². The summed E-state index contributed by atoms with van der Waals surface area (Å²) in [6.07, 6.45) is 5.38. The smallest absolute Gasteiger partial charge is 0.115 e. The van der Waals surface area contributed by atoms with Crippen LogP contribution in [0.2, 0.25) is 0 Å². The van der Waals surface area contributed by atoms with Gasteiger partial charge in [-0.2, -0.15) is 0 Å². The van der Waals surface area contributed by atoms with E-state index < -0.39 is 0 Å². The monoisotopic (exact) mass is 306 g/mol. The zero-order valence-corrected chi connectivity index (χ0v) is 13.6. The largest absolute Gasteiger partial charge is 0.512 e. The number of hydrogen-bond donors (Lipinski definition) is 2. The van der Waals surface area contributed by atoms with Crippen molar-refractivity contribution in [2.24, 2.45) is 0 Å². The molecule has 2 nitrogen and oxygen atoms in total. The van der Waals surface area contributed by atoms with Gasteiger partial charge in [0.05, 0.1) is 5.76 Å². The fourth-order valence-electron chi connectivity index (χ4n) is 3.01. The molecule has 1 aliphatic rings. The highest BCUT2D eigenvalue weighted by Crippen LogP contribution is 2.34. The summed E-state index contributed by atoms with van der Waals surface area (Å²) in [5, 5.41) is 18.9. The fourth-order valence-corrected chi connectivity index (χ4v) is 3.01. The van der Waals surface area contributed by atoms with Crippen molar-refractivity contribution in [2.45, 2.75) is 32.1 Å². The molecule has 0 heterocycles. The van der Waals surface area contributed by atoms with Crippen LogP contribution in [-0.2, 0) is 5.41 Å². The van der Waals surface area contributed by atoms with Gasteiger partial charge in [0, 0.05) is 11.8 Å². The Morgan fingerprint density at radius 2 is 1.30 bits per heavy atom. The number of allylic oxidation sites excluding steroid dienone is 4. The number of phenols is 1. The van der Waals surface area contributed by atoms with E-state index in [1.807, 2.05) is 18.2 Å². The second kappa shape index (κ2) is 5.96. The average Bonchev–Trinajstić information content (AvgIpc) is 2.56. The van der Waals surface area contributed by atoms with Crippen molar-refractivity contribution in [1.82, 2.24) is 0 Å². The van der Waals surface area contributed by atoms with Crippen LogP contribution in [0.3, 0.4) is 0 Å². The van der Waals surface area contributed by atoms with Gasteiger partial charge in [-0.3, -0.25) is 0 Å². The Morgan fingerprint density at radius 1 is 0.739 bits per heavy atom. The zero-order valence-electron chi connectivity index (χ0n) is 13.6. The van der Waals surface area contributed by atoms with Crippen LogP contribution in [0.5, 0.6) is 5.75 Å². The lowest BCUT2D eigenvalue weighted by molar-refractivity contribution is 0.388. The molecule has 0 saturated carbocycles. The van der Waals surface area contributed by atoms with Crippen LogP contribution < -0.4 is 0 Å². The predicted molar refractivity (Wildman–Crippen MR) is 94.6 cm³/mol. The second-order valence-electron chi connectivity index (χ2n) is 6.60. The molecule has 2 aromatic carbocycles. The van der Waals surface area contributed by atoms with Crippen molar-refractivity contribution in [3.63, 3.8) is 0 Å². The Labute approximate surface area is 137 Å². The highest BCUT2D eigenvalue weighted by molar-refractivity contribution is 5.68. The number of benzene rings is 2. The minimum absolute atomic E-state index is 0.120. The summed E-state index contributed by atoms with van der Waals surface area (Å²) in [6, 6.07) is 16.1. The van der Waals surface area contributed by atoms with E-state index in [1.54, 1.807) is 18.2 Å². The normalized spacial score (nSPS) is 15.0. The van der Waals surface area contributed by atoms with E-state index in [-0.39, 0.29) is 5.41 Å². The third-order valence-corrected chi connectivity index (χ3v) is 4.69. The maximum Gasteiger partial charge on any atom is 0.115 e. The molecule has 0 atom stereocenters. The van der Waals surface area contributed by atoms with E-state index in [0.29, 0.717) is 17.9 Å². The maximum absolute atomic E-state index is 9.47. The summed E-state index contributed by atoms with van der Waals surface area (Å²) in [6.45, 7) is 4.38. The number of aliphatic hydroxyl groups is 1. The van der Waals surface area contributed by atoms with Gasteiger partial charge in [-0.15, -0.1) is 0 Å². The number of aromatic hydroxyl groups is 1. The number of phenolic OH excluding ortho intramolecular Hbond substituents is 1. The van der Waals surface area contributed by atoms with Gasteiger partial charge in [0.1, 0.15) is 5.75 Å². The first kappa shape index (κ1) is 15.4. The summed E-state index contributed by atoms with van der Waals surface area (Å²) in [4.78, 5) is 0. The molecule has 0 radical (unpaired) electrons. The standard InChI is InChI=1S/C21H22O2/c1-21(2,18-9-13-20(23)14-10-18)17-7-3-15(4-8-17)16-5-11-19(22)12-6-16/h3-5,7-11,13-14,22-23H,6,12H2,1-2H3.